The number of fused-ring (bicyclic) bond motifs is 4. The van der Waals surface area contributed by atoms with E-state index >= 15 is 0 Å². The van der Waals surface area contributed by atoms with Gasteiger partial charge in [0.1, 0.15) is 0 Å². The van der Waals surface area contributed by atoms with E-state index in [-0.39, 0.29) is 18.7 Å². The molecule has 5 nitrogen and oxygen atoms in total. The van der Waals surface area contributed by atoms with E-state index in [9.17, 15) is 4.79 Å². The summed E-state index contributed by atoms with van der Waals surface area (Å²) in [5, 5.41) is 1.33. The van der Waals surface area contributed by atoms with Crippen LogP contribution >= 0.6 is 0 Å². The maximum absolute atomic E-state index is 13.5. The molecular formula is C27H30N2O3. The summed E-state index contributed by atoms with van der Waals surface area (Å²) in [6.45, 7) is 1.09. The van der Waals surface area contributed by atoms with Crippen molar-refractivity contribution in [3.05, 3.63) is 59.3 Å². The lowest BCUT2D eigenvalue weighted by atomic mass is 9.79. The highest BCUT2D eigenvalue weighted by atomic mass is 16.7. The second-order valence-corrected chi connectivity index (χ2v) is 9.43. The second-order valence-electron chi connectivity index (χ2n) is 9.43. The fourth-order valence-electron chi connectivity index (χ4n) is 5.98. The number of aromatic amines is 1. The number of para-hydroxylation sites is 1. The molecule has 2 aliphatic heterocycles. The first-order chi connectivity index (χ1) is 15.8. The van der Waals surface area contributed by atoms with Crippen molar-refractivity contribution in [1.29, 1.82) is 0 Å². The minimum atomic E-state index is 0.177. The monoisotopic (exact) mass is 430 g/mol. The number of carbonyl (C=O) groups is 1. The molecule has 0 radical (unpaired) electrons. The lowest BCUT2D eigenvalue weighted by Gasteiger charge is -2.42. The summed E-state index contributed by atoms with van der Waals surface area (Å²) >= 11 is 0. The van der Waals surface area contributed by atoms with Crippen molar-refractivity contribution in [2.45, 2.75) is 57.4 Å². The molecule has 1 unspecified atom stereocenters. The van der Waals surface area contributed by atoms with Gasteiger partial charge in [-0.3, -0.25) is 4.79 Å². The smallest absolute Gasteiger partial charge is 0.231 e. The number of aryl methyl sites for hydroxylation is 1. The van der Waals surface area contributed by atoms with Crippen molar-refractivity contribution >= 4 is 16.8 Å². The van der Waals surface area contributed by atoms with Crippen molar-refractivity contribution in [2.24, 2.45) is 5.92 Å². The number of hydrogen-bond donors (Lipinski definition) is 1. The Kier molecular flexibility index (Phi) is 5.05. The van der Waals surface area contributed by atoms with Gasteiger partial charge in [-0.1, -0.05) is 43.5 Å². The molecule has 3 aliphatic rings. The van der Waals surface area contributed by atoms with Crippen molar-refractivity contribution in [3.8, 4) is 11.5 Å². The largest absolute Gasteiger partial charge is 0.454 e. The van der Waals surface area contributed by atoms with Gasteiger partial charge in [0.2, 0.25) is 12.7 Å². The third-order valence-corrected chi connectivity index (χ3v) is 7.56. The molecule has 0 bridgehead atoms. The molecule has 0 saturated heterocycles. The average Bonchev–Trinajstić information content (AvgIpc) is 3.46. The minimum absolute atomic E-state index is 0.177. The van der Waals surface area contributed by atoms with Crippen LogP contribution < -0.4 is 9.47 Å². The molecule has 1 fully saturated rings. The van der Waals surface area contributed by atoms with Crippen molar-refractivity contribution in [2.75, 3.05) is 13.3 Å². The van der Waals surface area contributed by atoms with Crippen LogP contribution in [-0.4, -0.2) is 29.1 Å². The van der Waals surface area contributed by atoms with Gasteiger partial charge in [0, 0.05) is 29.6 Å². The zero-order valence-corrected chi connectivity index (χ0v) is 18.4. The van der Waals surface area contributed by atoms with E-state index in [4.69, 9.17) is 9.47 Å². The number of nitrogens with one attached hydrogen (secondary N) is 1. The number of aromatic nitrogens is 1. The average molecular weight is 431 g/mol. The lowest BCUT2D eigenvalue weighted by Crippen LogP contribution is -2.43. The number of amides is 1. The highest BCUT2D eigenvalue weighted by Crippen LogP contribution is 2.44. The van der Waals surface area contributed by atoms with E-state index < -0.39 is 0 Å². The summed E-state index contributed by atoms with van der Waals surface area (Å²) in [6.07, 6.45) is 8.48. The van der Waals surface area contributed by atoms with Crippen LogP contribution in [0.25, 0.3) is 10.9 Å². The molecule has 32 heavy (non-hydrogen) atoms. The highest BCUT2D eigenvalue weighted by molar-refractivity contribution is 5.86. The fraction of sp³-hybridized carbons (Fsp3) is 0.444. The molecule has 1 atom stereocenters. The Balaban J connectivity index is 1.26. The number of ether oxygens (including phenoxy) is 2. The molecule has 1 aliphatic carbocycles. The topological polar surface area (TPSA) is 54.6 Å². The van der Waals surface area contributed by atoms with Gasteiger partial charge in [-0.2, -0.15) is 0 Å². The van der Waals surface area contributed by atoms with Crippen molar-refractivity contribution in [1.82, 2.24) is 9.88 Å². The van der Waals surface area contributed by atoms with E-state index in [1.165, 1.54) is 54.3 Å². The molecule has 1 aromatic heterocycles. The van der Waals surface area contributed by atoms with E-state index in [2.05, 4.69) is 34.1 Å². The summed E-state index contributed by atoms with van der Waals surface area (Å²) in [4.78, 5) is 19.5. The maximum Gasteiger partial charge on any atom is 0.231 e. The summed E-state index contributed by atoms with van der Waals surface area (Å²) in [6, 6.07) is 14.8. The highest BCUT2D eigenvalue weighted by Gasteiger charge is 2.38. The quantitative estimate of drug-likeness (QED) is 0.592. The van der Waals surface area contributed by atoms with Gasteiger partial charge in [0.05, 0.1) is 6.04 Å². The van der Waals surface area contributed by atoms with Crippen LogP contribution in [0.2, 0.25) is 0 Å². The van der Waals surface area contributed by atoms with Crippen LogP contribution in [0.15, 0.2) is 42.5 Å². The molecular weight excluding hydrogens is 400 g/mol. The van der Waals surface area contributed by atoms with Crippen LogP contribution in [0.4, 0.5) is 0 Å². The van der Waals surface area contributed by atoms with Crippen LogP contribution in [0.5, 0.6) is 11.5 Å². The predicted octanol–water partition coefficient (Wildman–Crippen LogP) is 5.54. The molecule has 1 saturated carbocycles. The number of hydrogen-bond acceptors (Lipinski definition) is 3. The zero-order valence-electron chi connectivity index (χ0n) is 18.4. The van der Waals surface area contributed by atoms with Gasteiger partial charge in [-0.05, 0) is 60.9 Å². The Morgan fingerprint density at radius 2 is 1.88 bits per heavy atom. The molecule has 3 heterocycles. The van der Waals surface area contributed by atoms with E-state index in [1.807, 2.05) is 18.2 Å². The number of nitrogens with zero attached hydrogens (tertiary/aromatic N) is 1. The van der Waals surface area contributed by atoms with Crippen LogP contribution in [0.1, 0.15) is 61.4 Å². The van der Waals surface area contributed by atoms with E-state index in [0.29, 0.717) is 12.3 Å². The lowest BCUT2D eigenvalue weighted by molar-refractivity contribution is -0.135. The van der Waals surface area contributed by atoms with Crippen LogP contribution in [-0.2, 0) is 17.6 Å². The van der Waals surface area contributed by atoms with E-state index in [1.54, 1.807) is 0 Å². The third-order valence-electron chi connectivity index (χ3n) is 7.56. The number of carbonyl (C=O) groups excluding carboxylic acids is 1. The number of H-pyrrole nitrogens is 1. The first kappa shape index (κ1) is 19.7. The van der Waals surface area contributed by atoms with Crippen molar-refractivity contribution < 1.29 is 14.3 Å². The zero-order chi connectivity index (χ0) is 21.5. The van der Waals surface area contributed by atoms with Crippen molar-refractivity contribution in [3.63, 3.8) is 0 Å². The number of benzene rings is 2. The first-order valence-electron chi connectivity index (χ1n) is 12.1. The Labute approximate surface area is 188 Å². The Hall–Kier alpha value is -2.95. The van der Waals surface area contributed by atoms with Gasteiger partial charge in [0.15, 0.2) is 11.5 Å². The molecule has 166 valence electrons. The normalized spacial score (nSPS) is 20.5. The SMILES string of the molecule is O=C(CCc1ccc2c(c1)OCO2)N1CCc2c([nH]c3ccccc23)C1C1CCCCC1. The number of rotatable bonds is 4. The second kappa shape index (κ2) is 8.19. The van der Waals surface area contributed by atoms with Gasteiger partial charge < -0.3 is 19.4 Å². The van der Waals surface area contributed by atoms with Gasteiger partial charge in [0.25, 0.3) is 0 Å². The molecule has 3 aromatic rings. The summed E-state index contributed by atoms with van der Waals surface area (Å²) in [7, 11) is 0. The molecule has 1 amide bonds. The molecule has 0 spiro atoms. The summed E-state index contributed by atoms with van der Waals surface area (Å²) in [5.41, 5.74) is 5.05. The molecule has 5 heteroatoms. The van der Waals surface area contributed by atoms with Crippen LogP contribution in [0.3, 0.4) is 0 Å². The third kappa shape index (κ3) is 3.44. The summed E-state index contributed by atoms with van der Waals surface area (Å²) in [5.74, 6) is 2.39. The van der Waals surface area contributed by atoms with Gasteiger partial charge >= 0.3 is 0 Å². The molecule has 1 N–H and O–H groups in total. The molecule has 6 rings (SSSR count). The Morgan fingerprint density at radius 3 is 2.78 bits per heavy atom. The standard InChI is InChI=1S/C27H30N2O3/c30-25(13-11-18-10-12-23-24(16-18)32-17-31-23)29-15-14-21-20-8-4-5-9-22(20)28-26(21)27(29)19-6-2-1-3-7-19/h4-5,8-10,12,16,19,27-28H,1-3,6-7,11,13-15,17H2. The van der Waals surface area contributed by atoms with Gasteiger partial charge in [-0.15, -0.1) is 0 Å². The summed E-state index contributed by atoms with van der Waals surface area (Å²) < 4.78 is 10.9. The first-order valence-corrected chi connectivity index (χ1v) is 12.1. The van der Waals surface area contributed by atoms with Gasteiger partial charge in [-0.25, -0.2) is 0 Å². The molecule has 2 aromatic carbocycles. The Bertz CT molecular complexity index is 1150. The predicted molar refractivity (Wildman–Crippen MR) is 124 cm³/mol. The minimum Gasteiger partial charge on any atom is -0.454 e. The maximum atomic E-state index is 13.5. The fourth-order valence-corrected chi connectivity index (χ4v) is 5.98. The van der Waals surface area contributed by atoms with E-state index in [0.717, 1.165) is 36.4 Å². The Morgan fingerprint density at radius 1 is 1.03 bits per heavy atom. The van der Waals surface area contributed by atoms with Crippen LogP contribution in [0, 0.1) is 5.92 Å².